The van der Waals surface area contributed by atoms with Crippen molar-refractivity contribution >= 4 is 32.8 Å². The highest BCUT2D eigenvalue weighted by molar-refractivity contribution is 7.22. The number of ether oxygens (including phenoxy) is 1. The van der Waals surface area contributed by atoms with Gasteiger partial charge in [-0.2, -0.15) is 0 Å². The van der Waals surface area contributed by atoms with E-state index in [2.05, 4.69) is 15.1 Å². The van der Waals surface area contributed by atoms with Gasteiger partial charge in [-0.15, -0.1) is 0 Å². The van der Waals surface area contributed by atoms with E-state index in [0.29, 0.717) is 10.6 Å². The van der Waals surface area contributed by atoms with Gasteiger partial charge in [-0.3, -0.25) is 5.43 Å². The number of nitrogen functional groups attached to an aromatic ring is 1. The molecule has 0 saturated carbocycles. The maximum absolute atomic E-state index is 10.3. The van der Waals surface area contributed by atoms with Gasteiger partial charge in [0.1, 0.15) is 5.75 Å². The Hall–Kier alpha value is -1.86. The van der Waals surface area contributed by atoms with Crippen LogP contribution in [0.2, 0.25) is 0 Å². The van der Waals surface area contributed by atoms with Crippen molar-refractivity contribution in [3.05, 3.63) is 18.2 Å². The minimum absolute atomic E-state index is 0.240. The summed E-state index contributed by atoms with van der Waals surface area (Å²) in [7, 11) is 0. The minimum Gasteiger partial charge on any atom is -0.449 e. The minimum atomic E-state index is -1.35. The number of nitrogens with zero attached hydrogens (tertiary/aromatic N) is 1. The Balaban J connectivity index is 2.41. The average Bonchev–Trinajstić information content (AvgIpc) is 2.58. The second-order valence-electron chi connectivity index (χ2n) is 2.66. The van der Waals surface area contributed by atoms with Crippen LogP contribution in [0.25, 0.3) is 10.2 Å². The van der Waals surface area contributed by atoms with Crippen molar-refractivity contribution in [1.29, 1.82) is 0 Å². The number of hydrazine groups is 1. The predicted molar refractivity (Wildman–Crippen MR) is 56.1 cm³/mol. The predicted octanol–water partition coefficient (Wildman–Crippen LogP) is 1.64. The van der Waals surface area contributed by atoms with E-state index in [1.165, 1.54) is 11.3 Å². The number of aromatic nitrogens is 1. The molecule has 6 nitrogen and oxygen atoms in total. The molecule has 0 saturated heterocycles. The summed E-state index contributed by atoms with van der Waals surface area (Å²) in [6.45, 7) is 0. The number of hydrogen-bond acceptors (Lipinski definition) is 6. The lowest BCUT2D eigenvalue weighted by atomic mass is 10.3. The van der Waals surface area contributed by atoms with Crippen LogP contribution in [-0.2, 0) is 0 Å². The Bertz CT molecular complexity index is 511. The van der Waals surface area contributed by atoms with Gasteiger partial charge >= 0.3 is 6.16 Å². The highest BCUT2D eigenvalue weighted by Gasteiger charge is 2.06. The number of benzene rings is 1. The summed E-state index contributed by atoms with van der Waals surface area (Å²) in [4.78, 5) is 14.4. The van der Waals surface area contributed by atoms with Crippen molar-refractivity contribution in [2.24, 2.45) is 5.84 Å². The van der Waals surface area contributed by atoms with Crippen molar-refractivity contribution in [1.82, 2.24) is 4.98 Å². The standard InChI is InChI=1S/C8H7N3O3S/c9-11-7-10-5-3-4(14-8(12)13)1-2-6(5)15-7/h1-3H,9H2,(H,10,11)(H,12,13). The number of carboxylic acid groups (broad SMARTS) is 1. The lowest BCUT2D eigenvalue weighted by Crippen LogP contribution is -2.05. The molecule has 0 aliphatic heterocycles. The summed E-state index contributed by atoms with van der Waals surface area (Å²) < 4.78 is 5.40. The SMILES string of the molecule is NNc1nc2cc(OC(=O)O)ccc2s1. The van der Waals surface area contributed by atoms with E-state index in [-0.39, 0.29) is 5.75 Å². The van der Waals surface area contributed by atoms with Crippen LogP contribution in [-0.4, -0.2) is 16.2 Å². The molecule has 1 aromatic heterocycles. The van der Waals surface area contributed by atoms with Gasteiger partial charge in [0, 0.05) is 6.07 Å². The molecule has 0 fully saturated rings. The highest BCUT2D eigenvalue weighted by atomic mass is 32.1. The molecule has 4 N–H and O–H groups in total. The molecular weight excluding hydrogens is 218 g/mol. The zero-order chi connectivity index (χ0) is 10.8. The van der Waals surface area contributed by atoms with Crippen molar-refractivity contribution in [3.8, 4) is 5.75 Å². The summed E-state index contributed by atoms with van der Waals surface area (Å²) in [6, 6.07) is 4.84. The molecule has 7 heteroatoms. The Labute approximate surface area is 88.3 Å². The number of nitrogens with one attached hydrogen (secondary N) is 1. The van der Waals surface area contributed by atoms with Gasteiger partial charge in [0.25, 0.3) is 0 Å². The lowest BCUT2D eigenvalue weighted by Gasteiger charge is -1.97. The molecule has 2 rings (SSSR count). The van der Waals surface area contributed by atoms with Gasteiger partial charge in [-0.05, 0) is 12.1 Å². The lowest BCUT2D eigenvalue weighted by molar-refractivity contribution is 0.144. The van der Waals surface area contributed by atoms with E-state index in [4.69, 9.17) is 10.9 Å². The van der Waals surface area contributed by atoms with Gasteiger partial charge in [-0.1, -0.05) is 11.3 Å². The first-order chi connectivity index (χ1) is 7.19. The summed E-state index contributed by atoms with van der Waals surface area (Å²) >= 11 is 1.37. The monoisotopic (exact) mass is 225 g/mol. The fraction of sp³-hybridized carbons (Fsp3) is 0. The Kier molecular flexibility index (Phi) is 2.40. The second-order valence-corrected chi connectivity index (χ2v) is 3.69. The Morgan fingerprint density at radius 1 is 1.60 bits per heavy atom. The van der Waals surface area contributed by atoms with E-state index in [9.17, 15) is 4.79 Å². The van der Waals surface area contributed by atoms with E-state index >= 15 is 0 Å². The number of rotatable bonds is 2. The summed E-state index contributed by atoms with van der Waals surface area (Å²) in [5.74, 6) is 5.44. The smallest absolute Gasteiger partial charge is 0.449 e. The fourth-order valence-electron chi connectivity index (χ4n) is 1.13. The summed E-state index contributed by atoms with van der Waals surface area (Å²) in [6.07, 6.45) is -1.35. The molecule has 0 aliphatic carbocycles. The number of thiazole rings is 1. The summed E-state index contributed by atoms with van der Waals surface area (Å²) in [5, 5.41) is 8.99. The van der Waals surface area contributed by atoms with Gasteiger partial charge in [-0.25, -0.2) is 15.6 Å². The molecule has 0 amide bonds. The topological polar surface area (TPSA) is 97.5 Å². The average molecular weight is 225 g/mol. The van der Waals surface area contributed by atoms with Crippen LogP contribution < -0.4 is 16.0 Å². The number of carbonyl (C=O) groups is 1. The second kappa shape index (κ2) is 3.71. The van der Waals surface area contributed by atoms with Crippen LogP contribution in [0.3, 0.4) is 0 Å². The van der Waals surface area contributed by atoms with Gasteiger partial charge in [0.15, 0.2) is 5.13 Å². The van der Waals surface area contributed by atoms with Crippen LogP contribution >= 0.6 is 11.3 Å². The first-order valence-electron chi connectivity index (χ1n) is 3.97. The molecule has 1 heterocycles. The molecule has 1 aromatic carbocycles. The maximum atomic E-state index is 10.3. The van der Waals surface area contributed by atoms with Crippen molar-refractivity contribution in [2.45, 2.75) is 0 Å². The Morgan fingerprint density at radius 2 is 2.40 bits per heavy atom. The van der Waals surface area contributed by atoms with Crippen molar-refractivity contribution in [2.75, 3.05) is 5.43 Å². The number of fused-ring (bicyclic) bond motifs is 1. The van der Waals surface area contributed by atoms with Crippen LogP contribution in [0.1, 0.15) is 0 Å². The molecule has 0 bridgehead atoms. The van der Waals surface area contributed by atoms with Gasteiger partial charge in [0.05, 0.1) is 10.2 Å². The van der Waals surface area contributed by atoms with Gasteiger partial charge < -0.3 is 9.84 Å². The van der Waals surface area contributed by atoms with E-state index in [1.807, 2.05) is 0 Å². The van der Waals surface area contributed by atoms with E-state index in [0.717, 1.165) is 4.70 Å². The first kappa shape index (κ1) is 9.69. The molecule has 2 aromatic rings. The fourth-order valence-corrected chi connectivity index (χ4v) is 1.89. The molecule has 78 valence electrons. The molecule has 15 heavy (non-hydrogen) atoms. The zero-order valence-corrected chi connectivity index (χ0v) is 8.25. The third kappa shape index (κ3) is 1.97. The van der Waals surface area contributed by atoms with Crippen LogP contribution in [0.15, 0.2) is 18.2 Å². The number of hydrogen-bond donors (Lipinski definition) is 3. The van der Waals surface area contributed by atoms with Crippen LogP contribution in [0, 0.1) is 0 Å². The first-order valence-corrected chi connectivity index (χ1v) is 4.78. The molecule has 0 spiro atoms. The number of nitrogens with two attached hydrogens (primary N) is 1. The molecule has 0 aliphatic rings. The van der Waals surface area contributed by atoms with E-state index < -0.39 is 6.16 Å². The largest absolute Gasteiger partial charge is 0.511 e. The highest BCUT2D eigenvalue weighted by Crippen LogP contribution is 2.28. The normalized spacial score (nSPS) is 10.2. The van der Waals surface area contributed by atoms with Crippen molar-refractivity contribution < 1.29 is 14.6 Å². The molecular formula is C8H7N3O3S. The van der Waals surface area contributed by atoms with Crippen LogP contribution in [0.5, 0.6) is 5.75 Å². The Morgan fingerprint density at radius 3 is 3.07 bits per heavy atom. The van der Waals surface area contributed by atoms with Crippen molar-refractivity contribution in [3.63, 3.8) is 0 Å². The molecule has 0 atom stereocenters. The third-order valence-electron chi connectivity index (χ3n) is 1.69. The maximum Gasteiger partial charge on any atom is 0.511 e. The molecule has 0 unspecified atom stereocenters. The van der Waals surface area contributed by atoms with Gasteiger partial charge in [0.2, 0.25) is 0 Å². The molecule has 0 radical (unpaired) electrons. The van der Waals surface area contributed by atoms with Crippen LogP contribution in [0.4, 0.5) is 9.93 Å². The zero-order valence-electron chi connectivity index (χ0n) is 7.43. The van der Waals surface area contributed by atoms with E-state index in [1.54, 1.807) is 18.2 Å². The summed E-state index contributed by atoms with van der Waals surface area (Å²) in [5.41, 5.74) is 3.07. The number of anilines is 1. The third-order valence-corrected chi connectivity index (χ3v) is 2.66. The quantitative estimate of drug-likeness (QED) is 0.311.